The van der Waals surface area contributed by atoms with Crippen molar-refractivity contribution in [3.05, 3.63) is 18.0 Å². The highest BCUT2D eigenvalue weighted by Gasteiger charge is 2.33. The van der Waals surface area contributed by atoms with Crippen LogP contribution in [0.3, 0.4) is 0 Å². The summed E-state index contributed by atoms with van der Waals surface area (Å²) in [5, 5.41) is 7.64. The monoisotopic (exact) mass is 251 g/mol. The first-order valence-corrected chi connectivity index (χ1v) is 6.44. The molecule has 2 rings (SSSR count). The molecule has 18 heavy (non-hydrogen) atoms. The highest BCUT2D eigenvalue weighted by Crippen LogP contribution is 2.17. The normalized spacial score (nSPS) is 27.0. The van der Waals surface area contributed by atoms with Gasteiger partial charge in [0.05, 0.1) is 12.2 Å². The van der Waals surface area contributed by atoms with Gasteiger partial charge in [-0.25, -0.2) is 0 Å². The van der Waals surface area contributed by atoms with E-state index in [1.807, 2.05) is 30.9 Å². The number of aryl methyl sites for hydroxylation is 1. The predicted molar refractivity (Wildman–Crippen MR) is 68.2 cm³/mol. The lowest BCUT2D eigenvalue weighted by atomic mass is 10.1. The third-order valence-corrected chi connectivity index (χ3v) is 3.51. The van der Waals surface area contributed by atoms with Crippen molar-refractivity contribution in [3.8, 4) is 0 Å². The number of esters is 1. The Labute approximate surface area is 108 Å². The predicted octanol–water partition coefficient (Wildman–Crippen LogP) is 1.43. The number of carbonyl (C=O) groups excluding carboxylic acids is 1. The van der Waals surface area contributed by atoms with Crippen LogP contribution in [-0.4, -0.2) is 33.9 Å². The maximum atomic E-state index is 11.6. The smallest absolute Gasteiger partial charge is 0.323 e. The second-order valence-electron chi connectivity index (χ2n) is 5.23. The van der Waals surface area contributed by atoms with Gasteiger partial charge in [-0.1, -0.05) is 0 Å². The molecule has 0 spiro atoms. The summed E-state index contributed by atoms with van der Waals surface area (Å²) in [4.78, 5) is 11.6. The van der Waals surface area contributed by atoms with Crippen molar-refractivity contribution in [1.29, 1.82) is 0 Å². The van der Waals surface area contributed by atoms with E-state index in [9.17, 15) is 4.79 Å². The lowest BCUT2D eigenvalue weighted by Crippen LogP contribution is -2.43. The molecule has 4 atom stereocenters. The van der Waals surface area contributed by atoms with E-state index in [1.54, 1.807) is 0 Å². The maximum Gasteiger partial charge on any atom is 0.323 e. The Bertz CT molecular complexity index is 430. The molecule has 1 aromatic rings. The first kappa shape index (κ1) is 13.1. The van der Waals surface area contributed by atoms with Gasteiger partial charge in [0.1, 0.15) is 12.1 Å². The Balaban J connectivity index is 1.95. The molecule has 100 valence electrons. The highest BCUT2D eigenvalue weighted by molar-refractivity contribution is 5.77. The Morgan fingerprint density at radius 3 is 2.78 bits per heavy atom. The van der Waals surface area contributed by atoms with Gasteiger partial charge in [0.25, 0.3) is 0 Å². The number of ether oxygens (including phenoxy) is 1. The summed E-state index contributed by atoms with van der Waals surface area (Å²) >= 11 is 0. The number of cyclic esters (lactones) is 1. The summed E-state index contributed by atoms with van der Waals surface area (Å²) < 4.78 is 7.07. The molecule has 2 heterocycles. The number of hydrogen-bond donors (Lipinski definition) is 1. The topological polar surface area (TPSA) is 56.1 Å². The van der Waals surface area contributed by atoms with E-state index in [0.29, 0.717) is 0 Å². The van der Waals surface area contributed by atoms with Crippen LogP contribution < -0.4 is 5.32 Å². The van der Waals surface area contributed by atoms with Crippen LogP contribution >= 0.6 is 0 Å². The minimum Gasteiger partial charge on any atom is -0.461 e. The van der Waals surface area contributed by atoms with Crippen molar-refractivity contribution in [2.45, 2.75) is 58.3 Å². The quantitative estimate of drug-likeness (QED) is 0.823. The van der Waals surface area contributed by atoms with Crippen LogP contribution in [0.1, 0.15) is 38.8 Å². The van der Waals surface area contributed by atoms with Crippen molar-refractivity contribution >= 4 is 5.97 Å². The zero-order valence-corrected chi connectivity index (χ0v) is 11.4. The van der Waals surface area contributed by atoms with Gasteiger partial charge in [0.15, 0.2) is 0 Å². The van der Waals surface area contributed by atoms with Crippen LogP contribution in [-0.2, 0) is 9.53 Å². The van der Waals surface area contributed by atoms with E-state index >= 15 is 0 Å². The standard InChI is InChI=1S/C13H21N3O2/c1-8-6-14-16(7-8)11(4)10(3)15-12-5-9(2)18-13(12)17/h6-7,9-12,15H,5H2,1-4H3/t9-,10+,11-,12+/m1/s1. The Morgan fingerprint density at radius 1 is 1.56 bits per heavy atom. The molecule has 1 aliphatic heterocycles. The molecule has 0 saturated carbocycles. The Kier molecular flexibility index (Phi) is 3.71. The molecular weight excluding hydrogens is 230 g/mol. The second kappa shape index (κ2) is 5.10. The summed E-state index contributed by atoms with van der Waals surface area (Å²) in [6.45, 7) is 8.10. The summed E-state index contributed by atoms with van der Waals surface area (Å²) in [5.41, 5.74) is 1.14. The molecule has 1 saturated heterocycles. The summed E-state index contributed by atoms with van der Waals surface area (Å²) in [6.07, 6.45) is 4.62. The SMILES string of the molecule is Cc1cnn([C@H](C)[C@H](C)N[C@H]2C[C@@H](C)OC2=O)c1. The number of hydrogen-bond acceptors (Lipinski definition) is 4. The molecule has 1 aliphatic rings. The highest BCUT2D eigenvalue weighted by atomic mass is 16.6. The van der Waals surface area contributed by atoms with Gasteiger partial charge in [-0.15, -0.1) is 0 Å². The lowest BCUT2D eigenvalue weighted by Gasteiger charge is -2.23. The molecule has 5 heteroatoms. The van der Waals surface area contributed by atoms with Crippen molar-refractivity contribution < 1.29 is 9.53 Å². The molecule has 1 fully saturated rings. The number of aromatic nitrogens is 2. The zero-order valence-electron chi connectivity index (χ0n) is 11.4. The fourth-order valence-corrected chi connectivity index (χ4v) is 2.23. The average Bonchev–Trinajstić information content (AvgIpc) is 2.85. The molecule has 0 radical (unpaired) electrons. The molecule has 0 unspecified atom stereocenters. The Morgan fingerprint density at radius 2 is 2.28 bits per heavy atom. The minimum atomic E-state index is -0.186. The van der Waals surface area contributed by atoms with Crippen LogP contribution in [0.4, 0.5) is 0 Å². The number of rotatable bonds is 4. The molecule has 1 N–H and O–H groups in total. The van der Waals surface area contributed by atoms with Crippen LogP contribution in [0, 0.1) is 6.92 Å². The number of nitrogens with zero attached hydrogens (tertiary/aromatic N) is 2. The first-order chi connectivity index (χ1) is 8.47. The van der Waals surface area contributed by atoms with E-state index in [1.165, 1.54) is 0 Å². The first-order valence-electron chi connectivity index (χ1n) is 6.44. The third-order valence-electron chi connectivity index (χ3n) is 3.51. The molecule has 0 aromatic carbocycles. The van der Waals surface area contributed by atoms with Crippen LogP contribution in [0.15, 0.2) is 12.4 Å². The molecule has 5 nitrogen and oxygen atoms in total. The van der Waals surface area contributed by atoms with Crippen LogP contribution in [0.5, 0.6) is 0 Å². The number of nitrogens with one attached hydrogen (secondary N) is 1. The van der Waals surface area contributed by atoms with E-state index in [2.05, 4.69) is 24.3 Å². The van der Waals surface area contributed by atoms with Crippen molar-refractivity contribution in [2.24, 2.45) is 0 Å². The van der Waals surface area contributed by atoms with Gasteiger partial charge in [0, 0.05) is 18.7 Å². The molecule has 0 aliphatic carbocycles. The van der Waals surface area contributed by atoms with Gasteiger partial charge in [-0.05, 0) is 33.3 Å². The average molecular weight is 251 g/mol. The Hall–Kier alpha value is -1.36. The lowest BCUT2D eigenvalue weighted by molar-refractivity contribution is -0.142. The van der Waals surface area contributed by atoms with Gasteiger partial charge < -0.3 is 4.74 Å². The second-order valence-corrected chi connectivity index (χ2v) is 5.23. The molecule has 0 amide bonds. The summed E-state index contributed by atoms with van der Waals surface area (Å²) in [6, 6.07) is 0.170. The fourth-order valence-electron chi connectivity index (χ4n) is 2.23. The van der Waals surface area contributed by atoms with Crippen LogP contribution in [0.2, 0.25) is 0 Å². The van der Waals surface area contributed by atoms with E-state index in [-0.39, 0.29) is 30.2 Å². The van der Waals surface area contributed by atoms with E-state index in [0.717, 1.165) is 12.0 Å². The van der Waals surface area contributed by atoms with Gasteiger partial charge in [-0.2, -0.15) is 5.10 Å². The third kappa shape index (κ3) is 2.72. The fraction of sp³-hybridized carbons (Fsp3) is 0.692. The molecule has 1 aromatic heterocycles. The maximum absolute atomic E-state index is 11.6. The van der Waals surface area contributed by atoms with Crippen LogP contribution in [0.25, 0.3) is 0 Å². The molecule has 0 bridgehead atoms. The van der Waals surface area contributed by atoms with Gasteiger partial charge in [0.2, 0.25) is 0 Å². The van der Waals surface area contributed by atoms with Crippen molar-refractivity contribution in [2.75, 3.05) is 0 Å². The van der Waals surface area contributed by atoms with Crippen molar-refractivity contribution in [3.63, 3.8) is 0 Å². The largest absolute Gasteiger partial charge is 0.461 e. The van der Waals surface area contributed by atoms with Crippen molar-refractivity contribution in [1.82, 2.24) is 15.1 Å². The van der Waals surface area contributed by atoms with Gasteiger partial charge >= 0.3 is 5.97 Å². The van der Waals surface area contributed by atoms with E-state index in [4.69, 9.17) is 4.74 Å². The van der Waals surface area contributed by atoms with Gasteiger partial charge in [-0.3, -0.25) is 14.8 Å². The number of carbonyl (C=O) groups is 1. The minimum absolute atomic E-state index is 0.0180. The summed E-state index contributed by atoms with van der Waals surface area (Å²) in [7, 11) is 0. The molecular formula is C13H21N3O2. The zero-order chi connectivity index (χ0) is 13.3. The summed E-state index contributed by atoms with van der Waals surface area (Å²) in [5.74, 6) is -0.141. The van der Waals surface area contributed by atoms with E-state index < -0.39 is 0 Å².